The number of nitro groups is 1. The Morgan fingerprint density at radius 3 is 2.62 bits per heavy atom. The minimum atomic E-state index is -1.07. The second-order valence-electron chi connectivity index (χ2n) is 3.42. The van der Waals surface area contributed by atoms with Gasteiger partial charge >= 0.3 is 5.97 Å². The van der Waals surface area contributed by atoms with Gasteiger partial charge in [-0.2, -0.15) is 0 Å². The number of nitrogens with zero attached hydrogens (tertiary/aromatic N) is 1. The summed E-state index contributed by atoms with van der Waals surface area (Å²) in [5, 5.41) is 19.2. The fourth-order valence-electron chi connectivity index (χ4n) is 1.41. The molecule has 0 unspecified atom stereocenters. The normalized spacial score (nSPS) is 11.2. The highest BCUT2D eigenvalue weighted by molar-refractivity contribution is 5.90. The van der Waals surface area contributed by atoms with Crippen LogP contribution in [0.5, 0.6) is 0 Å². The standard InChI is InChI=1S/C11H11NO4/c1-7-3-4-9(12(15)16)6-10(7)8(2)5-11(13)14/h3-6H,1-2H3,(H,13,14)/b8-5+. The first-order valence-electron chi connectivity index (χ1n) is 4.58. The lowest BCUT2D eigenvalue weighted by Gasteiger charge is -2.05. The van der Waals surface area contributed by atoms with Gasteiger partial charge in [-0.05, 0) is 30.5 Å². The summed E-state index contributed by atoms with van der Waals surface area (Å²) in [4.78, 5) is 20.6. The van der Waals surface area contributed by atoms with Crippen LogP contribution >= 0.6 is 0 Å². The molecule has 0 aromatic heterocycles. The number of hydrogen-bond acceptors (Lipinski definition) is 3. The number of rotatable bonds is 3. The molecule has 0 saturated heterocycles. The van der Waals surface area contributed by atoms with Crippen molar-refractivity contribution in [3.63, 3.8) is 0 Å². The van der Waals surface area contributed by atoms with Crippen LogP contribution in [0, 0.1) is 17.0 Å². The Morgan fingerprint density at radius 2 is 2.12 bits per heavy atom. The summed E-state index contributed by atoms with van der Waals surface area (Å²) in [5.74, 6) is -1.07. The number of carboxylic acid groups (broad SMARTS) is 1. The Balaban J connectivity index is 3.27. The van der Waals surface area contributed by atoms with E-state index in [1.54, 1.807) is 19.9 Å². The predicted molar refractivity (Wildman–Crippen MR) is 59.1 cm³/mol. The summed E-state index contributed by atoms with van der Waals surface area (Å²) < 4.78 is 0. The molecule has 1 N–H and O–H groups in total. The third-order valence-corrected chi connectivity index (χ3v) is 2.20. The molecular formula is C11H11NO4. The number of carbonyl (C=O) groups is 1. The van der Waals surface area contributed by atoms with Crippen LogP contribution in [0.1, 0.15) is 18.1 Å². The van der Waals surface area contributed by atoms with Crippen LogP contribution in [0.15, 0.2) is 24.3 Å². The Bertz CT molecular complexity index is 477. The minimum Gasteiger partial charge on any atom is -0.478 e. The third-order valence-electron chi connectivity index (χ3n) is 2.20. The zero-order valence-electron chi connectivity index (χ0n) is 8.93. The molecule has 5 nitrogen and oxygen atoms in total. The highest BCUT2D eigenvalue weighted by Crippen LogP contribution is 2.23. The number of non-ortho nitro benzene ring substituents is 1. The smallest absolute Gasteiger partial charge is 0.328 e. The van der Waals surface area contributed by atoms with Crippen molar-refractivity contribution in [2.75, 3.05) is 0 Å². The molecule has 0 bridgehead atoms. The van der Waals surface area contributed by atoms with Crippen LogP contribution in [0.4, 0.5) is 5.69 Å². The van der Waals surface area contributed by atoms with Gasteiger partial charge < -0.3 is 5.11 Å². The number of nitro benzene ring substituents is 1. The number of allylic oxidation sites excluding steroid dienone is 1. The minimum absolute atomic E-state index is 0.0428. The van der Waals surface area contributed by atoms with E-state index >= 15 is 0 Å². The molecule has 0 spiro atoms. The SMILES string of the molecule is C/C(=C\C(=O)O)c1cc([N+](=O)[O-])ccc1C. The predicted octanol–water partition coefficient (Wildman–Crippen LogP) is 2.39. The van der Waals surface area contributed by atoms with E-state index in [-0.39, 0.29) is 5.69 Å². The van der Waals surface area contributed by atoms with E-state index < -0.39 is 10.9 Å². The van der Waals surface area contributed by atoms with Gasteiger partial charge in [0.2, 0.25) is 0 Å². The molecule has 5 heteroatoms. The van der Waals surface area contributed by atoms with Crippen molar-refractivity contribution >= 4 is 17.2 Å². The Labute approximate surface area is 92.2 Å². The van der Waals surface area contributed by atoms with Gasteiger partial charge in [-0.15, -0.1) is 0 Å². The van der Waals surface area contributed by atoms with Gasteiger partial charge in [0.15, 0.2) is 0 Å². The van der Waals surface area contributed by atoms with Crippen LogP contribution < -0.4 is 0 Å². The molecule has 0 amide bonds. The average molecular weight is 221 g/mol. The fraction of sp³-hybridized carbons (Fsp3) is 0.182. The molecule has 1 rings (SSSR count). The molecule has 0 aliphatic rings. The first-order valence-corrected chi connectivity index (χ1v) is 4.58. The van der Waals surface area contributed by atoms with Gasteiger partial charge in [0.25, 0.3) is 5.69 Å². The fourth-order valence-corrected chi connectivity index (χ4v) is 1.41. The molecule has 16 heavy (non-hydrogen) atoms. The van der Waals surface area contributed by atoms with Gasteiger partial charge in [0, 0.05) is 18.2 Å². The first kappa shape index (κ1) is 11.9. The second kappa shape index (κ2) is 4.57. The van der Waals surface area contributed by atoms with E-state index in [1.807, 2.05) is 0 Å². The van der Waals surface area contributed by atoms with Crippen LogP contribution in [-0.2, 0) is 4.79 Å². The van der Waals surface area contributed by atoms with Crippen molar-refractivity contribution in [2.45, 2.75) is 13.8 Å². The maximum absolute atomic E-state index is 10.6. The topological polar surface area (TPSA) is 80.4 Å². The maximum atomic E-state index is 10.6. The lowest BCUT2D eigenvalue weighted by Crippen LogP contribution is -1.94. The summed E-state index contributed by atoms with van der Waals surface area (Å²) in [6, 6.07) is 4.38. The van der Waals surface area contributed by atoms with Crippen molar-refractivity contribution in [1.29, 1.82) is 0 Å². The molecule has 0 fully saturated rings. The molecule has 1 aromatic rings. The number of aryl methyl sites for hydroxylation is 1. The van der Waals surface area contributed by atoms with Crippen molar-refractivity contribution in [3.05, 3.63) is 45.5 Å². The average Bonchev–Trinajstić information content (AvgIpc) is 2.16. The summed E-state index contributed by atoms with van der Waals surface area (Å²) in [7, 11) is 0. The van der Waals surface area contributed by atoms with Crippen molar-refractivity contribution in [2.24, 2.45) is 0 Å². The molecular weight excluding hydrogens is 210 g/mol. The van der Waals surface area contributed by atoms with E-state index in [0.717, 1.165) is 11.6 Å². The van der Waals surface area contributed by atoms with Gasteiger partial charge in [-0.1, -0.05) is 6.07 Å². The summed E-state index contributed by atoms with van der Waals surface area (Å²) in [5.41, 5.74) is 1.84. The van der Waals surface area contributed by atoms with E-state index in [9.17, 15) is 14.9 Å². The molecule has 0 radical (unpaired) electrons. The number of benzene rings is 1. The van der Waals surface area contributed by atoms with Crippen molar-refractivity contribution in [3.8, 4) is 0 Å². The largest absolute Gasteiger partial charge is 0.478 e. The van der Waals surface area contributed by atoms with Crippen molar-refractivity contribution in [1.82, 2.24) is 0 Å². The van der Waals surface area contributed by atoms with Crippen molar-refractivity contribution < 1.29 is 14.8 Å². The Kier molecular flexibility index (Phi) is 3.40. The van der Waals surface area contributed by atoms with Crippen LogP contribution in [0.2, 0.25) is 0 Å². The molecule has 0 atom stereocenters. The summed E-state index contributed by atoms with van der Waals surface area (Å²) in [6.45, 7) is 3.39. The second-order valence-corrected chi connectivity index (χ2v) is 3.42. The lowest BCUT2D eigenvalue weighted by atomic mass is 10.0. The zero-order valence-corrected chi connectivity index (χ0v) is 8.93. The highest BCUT2D eigenvalue weighted by Gasteiger charge is 2.10. The first-order chi connectivity index (χ1) is 7.41. The number of carboxylic acids is 1. The van der Waals surface area contributed by atoms with Gasteiger partial charge in [0.05, 0.1) is 4.92 Å². The molecule has 84 valence electrons. The van der Waals surface area contributed by atoms with Gasteiger partial charge in [-0.3, -0.25) is 10.1 Å². The molecule has 0 saturated carbocycles. The number of aliphatic carboxylic acids is 1. The molecule has 0 heterocycles. The maximum Gasteiger partial charge on any atom is 0.328 e. The molecule has 1 aromatic carbocycles. The van der Waals surface area contributed by atoms with Crippen LogP contribution in [0.25, 0.3) is 5.57 Å². The van der Waals surface area contributed by atoms with Gasteiger partial charge in [0.1, 0.15) is 0 Å². The number of hydrogen-bond donors (Lipinski definition) is 1. The third kappa shape index (κ3) is 2.66. The summed E-state index contributed by atoms with van der Waals surface area (Å²) in [6.07, 6.45) is 1.03. The highest BCUT2D eigenvalue weighted by atomic mass is 16.6. The van der Waals surface area contributed by atoms with E-state index in [0.29, 0.717) is 11.1 Å². The Morgan fingerprint density at radius 1 is 1.50 bits per heavy atom. The molecule has 0 aliphatic heterocycles. The monoisotopic (exact) mass is 221 g/mol. The zero-order chi connectivity index (χ0) is 12.3. The van der Waals surface area contributed by atoms with E-state index in [4.69, 9.17) is 5.11 Å². The quantitative estimate of drug-likeness (QED) is 0.482. The summed E-state index contributed by atoms with van der Waals surface area (Å²) >= 11 is 0. The van der Waals surface area contributed by atoms with Gasteiger partial charge in [-0.25, -0.2) is 4.79 Å². The lowest BCUT2D eigenvalue weighted by molar-refractivity contribution is -0.384. The van der Waals surface area contributed by atoms with E-state index in [1.165, 1.54) is 12.1 Å². The van der Waals surface area contributed by atoms with Crippen LogP contribution in [-0.4, -0.2) is 16.0 Å². The Hall–Kier alpha value is -2.17. The van der Waals surface area contributed by atoms with Crippen LogP contribution in [0.3, 0.4) is 0 Å². The van der Waals surface area contributed by atoms with E-state index in [2.05, 4.69) is 0 Å². The molecule has 0 aliphatic carbocycles.